The summed E-state index contributed by atoms with van der Waals surface area (Å²) in [7, 11) is 1.72. The van der Waals surface area contributed by atoms with Gasteiger partial charge in [-0.25, -0.2) is 0 Å². The highest BCUT2D eigenvalue weighted by atomic mass is 16.5. The van der Waals surface area contributed by atoms with Crippen molar-refractivity contribution in [2.24, 2.45) is 5.73 Å². The van der Waals surface area contributed by atoms with Crippen LogP contribution in [0.5, 0.6) is 0 Å². The van der Waals surface area contributed by atoms with Crippen molar-refractivity contribution in [3.63, 3.8) is 0 Å². The zero-order valence-corrected chi connectivity index (χ0v) is 13.4. The van der Waals surface area contributed by atoms with Crippen LogP contribution in [0.25, 0.3) is 0 Å². The van der Waals surface area contributed by atoms with E-state index in [0.717, 1.165) is 19.6 Å². The SMILES string of the molecule is CCC1COC(C)CN1C(CN)c1ccc(COC)cc1. The van der Waals surface area contributed by atoms with Crippen LogP contribution in [-0.4, -0.2) is 43.9 Å². The molecule has 0 aromatic heterocycles. The van der Waals surface area contributed by atoms with Gasteiger partial charge in [0.25, 0.3) is 0 Å². The lowest BCUT2D eigenvalue weighted by molar-refractivity contribution is -0.0719. The zero-order valence-electron chi connectivity index (χ0n) is 13.4. The molecule has 1 heterocycles. The molecule has 0 radical (unpaired) electrons. The average Bonchev–Trinajstić information content (AvgIpc) is 2.50. The van der Waals surface area contributed by atoms with E-state index in [-0.39, 0.29) is 12.1 Å². The van der Waals surface area contributed by atoms with Gasteiger partial charge in [0.1, 0.15) is 0 Å². The van der Waals surface area contributed by atoms with Crippen molar-refractivity contribution in [3.05, 3.63) is 35.4 Å². The van der Waals surface area contributed by atoms with E-state index in [1.54, 1.807) is 7.11 Å². The Morgan fingerprint density at radius 3 is 2.67 bits per heavy atom. The van der Waals surface area contributed by atoms with E-state index in [9.17, 15) is 0 Å². The monoisotopic (exact) mass is 292 g/mol. The first-order valence-electron chi connectivity index (χ1n) is 7.84. The summed E-state index contributed by atoms with van der Waals surface area (Å²) in [4.78, 5) is 2.51. The number of nitrogens with zero attached hydrogens (tertiary/aromatic N) is 1. The molecule has 0 aliphatic carbocycles. The van der Waals surface area contributed by atoms with Gasteiger partial charge in [-0.05, 0) is 24.5 Å². The molecule has 1 aromatic carbocycles. The van der Waals surface area contributed by atoms with Crippen LogP contribution in [0.2, 0.25) is 0 Å². The maximum atomic E-state index is 6.09. The summed E-state index contributed by atoms with van der Waals surface area (Å²) >= 11 is 0. The standard InChI is InChI=1S/C17H28N2O2/c1-4-16-12-21-13(2)10-19(16)17(9-18)15-7-5-14(6-8-15)11-20-3/h5-8,13,16-17H,4,9-12,18H2,1-3H3. The molecule has 2 N–H and O–H groups in total. The third-order valence-electron chi connectivity index (χ3n) is 4.28. The van der Waals surface area contributed by atoms with Crippen molar-refractivity contribution in [1.29, 1.82) is 0 Å². The predicted molar refractivity (Wildman–Crippen MR) is 85.1 cm³/mol. The third-order valence-corrected chi connectivity index (χ3v) is 4.28. The summed E-state index contributed by atoms with van der Waals surface area (Å²) < 4.78 is 11.0. The van der Waals surface area contributed by atoms with E-state index >= 15 is 0 Å². The lowest BCUT2D eigenvalue weighted by Crippen LogP contribution is -2.51. The molecule has 1 saturated heterocycles. The highest BCUT2D eigenvalue weighted by molar-refractivity contribution is 5.25. The van der Waals surface area contributed by atoms with E-state index in [1.165, 1.54) is 11.1 Å². The second kappa shape index (κ2) is 7.90. The molecule has 118 valence electrons. The molecule has 2 rings (SSSR count). The molecule has 0 saturated carbocycles. The Hall–Kier alpha value is -0.940. The summed E-state index contributed by atoms with van der Waals surface area (Å²) in [6.45, 7) is 7.38. The van der Waals surface area contributed by atoms with Crippen LogP contribution >= 0.6 is 0 Å². The molecule has 1 fully saturated rings. The van der Waals surface area contributed by atoms with Crippen LogP contribution in [0.1, 0.15) is 37.4 Å². The van der Waals surface area contributed by atoms with Crippen molar-refractivity contribution in [2.75, 3.05) is 26.8 Å². The summed E-state index contributed by atoms with van der Waals surface area (Å²) in [5, 5.41) is 0. The molecule has 4 nitrogen and oxygen atoms in total. The molecule has 0 spiro atoms. The maximum absolute atomic E-state index is 6.09. The molecular weight excluding hydrogens is 264 g/mol. The van der Waals surface area contributed by atoms with Gasteiger partial charge >= 0.3 is 0 Å². The highest BCUT2D eigenvalue weighted by Gasteiger charge is 2.31. The first kappa shape index (κ1) is 16.4. The number of methoxy groups -OCH3 is 1. The number of rotatable bonds is 6. The second-order valence-corrected chi connectivity index (χ2v) is 5.83. The minimum absolute atomic E-state index is 0.262. The lowest BCUT2D eigenvalue weighted by Gasteiger charge is -2.43. The van der Waals surface area contributed by atoms with Gasteiger partial charge in [0.2, 0.25) is 0 Å². The Labute approximate surface area is 128 Å². The van der Waals surface area contributed by atoms with Gasteiger partial charge in [-0.3, -0.25) is 4.90 Å². The van der Waals surface area contributed by atoms with Crippen LogP contribution in [0.3, 0.4) is 0 Å². The number of benzene rings is 1. The van der Waals surface area contributed by atoms with E-state index in [0.29, 0.717) is 19.2 Å². The Morgan fingerprint density at radius 2 is 2.10 bits per heavy atom. The molecule has 4 heteroatoms. The van der Waals surface area contributed by atoms with Crippen molar-refractivity contribution in [1.82, 2.24) is 4.90 Å². The smallest absolute Gasteiger partial charge is 0.0713 e. The number of hydrogen-bond donors (Lipinski definition) is 1. The van der Waals surface area contributed by atoms with Crippen LogP contribution in [0.4, 0.5) is 0 Å². The van der Waals surface area contributed by atoms with Crippen LogP contribution in [-0.2, 0) is 16.1 Å². The minimum atomic E-state index is 0.262. The van der Waals surface area contributed by atoms with E-state index in [2.05, 4.69) is 43.0 Å². The minimum Gasteiger partial charge on any atom is -0.380 e. The normalized spacial score (nSPS) is 25.0. The molecule has 1 aromatic rings. The quantitative estimate of drug-likeness (QED) is 0.874. The first-order valence-corrected chi connectivity index (χ1v) is 7.84. The first-order chi connectivity index (χ1) is 10.2. The summed E-state index contributed by atoms with van der Waals surface area (Å²) in [5.41, 5.74) is 8.56. The maximum Gasteiger partial charge on any atom is 0.0713 e. The molecule has 1 aliphatic heterocycles. The fraction of sp³-hybridized carbons (Fsp3) is 0.647. The van der Waals surface area contributed by atoms with E-state index in [4.69, 9.17) is 15.2 Å². The predicted octanol–water partition coefficient (Wildman–Crippen LogP) is 2.33. The van der Waals surface area contributed by atoms with Crippen molar-refractivity contribution >= 4 is 0 Å². The molecule has 3 unspecified atom stereocenters. The zero-order chi connectivity index (χ0) is 15.2. The van der Waals surface area contributed by atoms with Gasteiger partial charge in [-0.2, -0.15) is 0 Å². The molecule has 3 atom stereocenters. The van der Waals surface area contributed by atoms with Crippen molar-refractivity contribution in [2.45, 2.75) is 45.1 Å². The molecule has 0 amide bonds. The van der Waals surface area contributed by atoms with Crippen LogP contribution < -0.4 is 5.73 Å². The summed E-state index contributed by atoms with van der Waals surface area (Å²) in [5.74, 6) is 0. The van der Waals surface area contributed by atoms with Gasteiger partial charge < -0.3 is 15.2 Å². The number of nitrogens with two attached hydrogens (primary N) is 1. The number of ether oxygens (including phenoxy) is 2. The van der Waals surface area contributed by atoms with Gasteiger partial charge in [0.05, 0.1) is 19.3 Å². The molecular formula is C17H28N2O2. The Bertz CT molecular complexity index is 421. The van der Waals surface area contributed by atoms with Crippen molar-refractivity contribution in [3.8, 4) is 0 Å². The van der Waals surface area contributed by atoms with E-state index in [1.807, 2.05) is 0 Å². The Balaban J connectivity index is 2.16. The fourth-order valence-corrected chi connectivity index (χ4v) is 3.07. The summed E-state index contributed by atoms with van der Waals surface area (Å²) in [6.07, 6.45) is 1.36. The Kier molecular flexibility index (Phi) is 6.18. The largest absolute Gasteiger partial charge is 0.380 e. The van der Waals surface area contributed by atoms with Gasteiger partial charge in [0.15, 0.2) is 0 Å². The van der Waals surface area contributed by atoms with E-state index < -0.39 is 0 Å². The number of morpholine rings is 1. The fourth-order valence-electron chi connectivity index (χ4n) is 3.07. The lowest BCUT2D eigenvalue weighted by atomic mass is 9.99. The topological polar surface area (TPSA) is 47.7 Å². The number of hydrogen-bond acceptors (Lipinski definition) is 4. The molecule has 1 aliphatic rings. The van der Waals surface area contributed by atoms with Gasteiger partial charge in [0, 0.05) is 32.3 Å². The third kappa shape index (κ3) is 4.04. The molecule has 21 heavy (non-hydrogen) atoms. The summed E-state index contributed by atoms with van der Waals surface area (Å²) in [6, 6.07) is 9.34. The Morgan fingerprint density at radius 1 is 1.38 bits per heavy atom. The average molecular weight is 292 g/mol. The van der Waals surface area contributed by atoms with Crippen LogP contribution in [0.15, 0.2) is 24.3 Å². The second-order valence-electron chi connectivity index (χ2n) is 5.83. The van der Waals surface area contributed by atoms with Crippen molar-refractivity contribution < 1.29 is 9.47 Å². The van der Waals surface area contributed by atoms with Crippen LogP contribution in [0, 0.1) is 0 Å². The highest BCUT2D eigenvalue weighted by Crippen LogP contribution is 2.27. The molecule has 0 bridgehead atoms. The van der Waals surface area contributed by atoms with Gasteiger partial charge in [-0.15, -0.1) is 0 Å². The van der Waals surface area contributed by atoms with Gasteiger partial charge in [-0.1, -0.05) is 31.2 Å².